The third kappa shape index (κ3) is 3.46. The number of nitrogens with zero attached hydrogens (tertiary/aromatic N) is 2. The summed E-state index contributed by atoms with van der Waals surface area (Å²) in [6.45, 7) is 0.0953. The summed E-state index contributed by atoms with van der Waals surface area (Å²) in [4.78, 5) is 27.1. The van der Waals surface area contributed by atoms with Gasteiger partial charge in [-0.3, -0.25) is 0 Å². The lowest BCUT2D eigenvalue weighted by atomic mass is 9.90. The zero-order valence-electron chi connectivity index (χ0n) is 11.1. The molecule has 1 aliphatic rings. The Bertz CT molecular complexity index is 452. The molecule has 0 aromatic carbocycles. The van der Waals surface area contributed by atoms with Crippen molar-refractivity contribution in [3.8, 4) is 0 Å². The van der Waals surface area contributed by atoms with Crippen LogP contribution in [0.5, 0.6) is 0 Å². The second kappa shape index (κ2) is 6.36. The monoisotopic (exact) mass is 282 g/mol. The maximum absolute atomic E-state index is 11.9. The van der Waals surface area contributed by atoms with Gasteiger partial charge < -0.3 is 20.3 Å². The van der Waals surface area contributed by atoms with Crippen LogP contribution in [0.1, 0.15) is 44.3 Å². The van der Waals surface area contributed by atoms with Gasteiger partial charge >= 0.3 is 12.0 Å². The highest BCUT2D eigenvalue weighted by molar-refractivity contribution is 5.86. The number of rotatable bonds is 4. The van der Waals surface area contributed by atoms with Gasteiger partial charge in [0.1, 0.15) is 5.54 Å². The van der Waals surface area contributed by atoms with Crippen molar-refractivity contribution in [2.24, 2.45) is 0 Å². The zero-order chi connectivity index (χ0) is 14.4. The normalized spacial score (nSPS) is 18.0. The second-order valence-corrected chi connectivity index (χ2v) is 4.96. The van der Waals surface area contributed by atoms with Crippen molar-refractivity contribution in [2.75, 3.05) is 0 Å². The summed E-state index contributed by atoms with van der Waals surface area (Å²) in [6, 6.07) is -0.529. The molecule has 0 aliphatic heterocycles. The summed E-state index contributed by atoms with van der Waals surface area (Å²) in [5, 5.41) is 18.1. The molecule has 110 valence electrons. The molecule has 0 unspecified atom stereocenters. The molecule has 3 N–H and O–H groups in total. The van der Waals surface area contributed by atoms with Gasteiger partial charge in [-0.25, -0.2) is 9.59 Å². The summed E-state index contributed by atoms with van der Waals surface area (Å²) in [5.41, 5.74) is -1.17. The van der Waals surface area contributed by atoms with Gasteiger partial charge in [0.15, 0.2) is 5.82 Å². The van der Waals surface area contributed by atoms with Gasteiger partial charge in [0.05, 0.1) is 6.54 Å². The Labute approximate surface area is 115 Å². The molecule has 0 atom stereocenters. The Morgan fingerprint density at radius 2 is 2.00 bits per heavy atom. The first-order valence-electron chi connectivity index (χ1n) is 6.67. The number of hydrogen-bond donors (Lipinski definition) is 3. The van der Waals surface area contributed by atoms with Gasteiger partial charge in [-0.15, -0.1) is 0 Å². The number of carbonyl (C=O) groups excluding carboxylic acids is 1. The quantitative estimate of drug-likeness (QED) is 0.710. The first-order chi connectivity index (χ1) is 9.62. The summed E-state index contributed by atoms with van der Waals surface area (Å²) >= 11 is 0. The van der Waals surface area contributed by atoms with E-state index in [1.54, 1.807) is 0 Å². The molecule has 2 amide bonds. The lowest BCUT2D eigenvalue weighted by Crippen LogP contribution is -2.56. The van der Waals surface area contributed by atoms with E-state index in [2.05, 4.69) is 25.3 Å². The van der Waals surface area contributed by atoms with Crippen molar-refractivity contribution >= 4 is 12.0 Å². The number of carbonyl (C=O) groups is 2. The van der Waals surface area contributed by atoms with Gasteiger partial charge in [0.25, 0.3) is 0 Å². The van der Waals surface area contributed by atoms with Gasteiger partial charge in [-0.05, 0) is 12.8 Å². The lowest BCUT2D eigenvalue weighted by Gasteiger charge is -2.29. The number of hydrogen-bond acceptors (Lipinski definition) is 5. The van der Waals surface area contributed by atoms with Crippen LogP contribution in [0, 0.1) is 0 Å². The summed E-state index contributed by atoms with van der Waals surface area (Å²) < 4.78 is 4.54. The van der Waals surface area contributed by atoms with Gasteiger partial charge in [0.2, 0.25) is 6.39 Å². The Hall–Kier alpha value is -2.12. The van der Waals surface area contributed by atoms with E-state index in [-0.39, 0.29) is 6.54 Å². The summed E-state index contributed by atoms with van der Waals surface area (Å²) in [6.07, 6.45) is 5.69. The average molecular weight is 282 g/mol. The van der Waals surface area contributed by atoms with Crippen LogP contribution in [0.2, 0.25) is 0 Å². The molecule has 8 heteroatoms. The smallest absolute Gasteiger partial charge is 0.329 e. The molecule has 1 aromatic heterocycles. The first kappa shape index (κ1) is 14.3. The minimum atomic E-state index is -1.17. The molecule has 0 radical (unpaired) electrons. The van der Waals surface area contributed by atoms with E-state index in [9.17, 15) is 14.7 Å². The molecule has 2 rings (SSSR count). The fraction of sp³-hybridized carbons (Fsp3) is 0.667. The predicted molar refractivity (Wildman–Crippen MR) is 67.7 cm³/mol. The number of carboxylic acid groups (broad SMARTS) is 1. The van der Waals surface area contributed by atoms with E-state index >= 15 is 0 Å². The van der Waals surface area contributed by atoms with Crippen molar-refractivity contribution in [3.05, 3.63) is 12.2 Å². The van der Waals surface area contributed by atoms with Crippen LogP contribution in [0.25, 0.3) is 0 Å². The summed E-state index contributed by atoms with van der Waals surface area (Å²) in [7, 11) is 0. The van der Waals surface area contributed by atoms with E-state index in [0.29, 0.717) is 18.7 Å². The highest BCUT2D eigenvalue weighted by atomic mass is 16.5. The largest absolute Gasteiger partial charge is 0.480 e. The second-order valence-electron chi connectivity index (χ2n) is 4.96. The van der Waals surface area contributed by atoms with Crippen LogP contribution in [0.3, 0.4) is 0 Å². The molecule has 0 spiro atoms. The number of nitrogens with one attached hydrogen (secondary N) is 2. The molecular weight excluding hydrogens is 264 g/mol. The molecular formula is C12H18N4O4. The Balaban J connectivity index is 1.93. The molecule has 1 saturated carbocycles. The van der Waals surface area contributed by atoms with E-state index in [1.165, 1.54) is 6.39 Å². The van der Waals surface area contributed by atoms with E-state index in [1.807, 2.05) is 0 Å². The number of amides is 2. The topological polar surface area (TPSA) is 117 Å². The van der Waals surface area contributed by atoms with Crippen LogP contribution >= 0.6 is 0 Å². The lowest BCUT2D eigenvalue weighted by molar-refractivity contribution is -0.145. The zero-order valence-corrected chi connectivity index (χ0v) is 11.1. The van der Waals surface area contributed by atoms with Gasteiger partial charge in [0, 0.05) is 0 Å². The minimum absolute atomic E-state index is 0.0953. The molecule has 1 aliphatic carbocycles. The maximum Gasteiger partial charge on any atom is 0.329 e. The fourth-order valence-corrected chi connectivity index (χ4v) is 2.42. The summed E-state index contributed by atoms with van der Waals surface area (Å²) in [5.74, 6) is -0.639. The number of carboxylic acids is 1. The van der Waals surface area contributed by atoms with Crippen molar-refractivity contribution in [3.63, 3.8) is 0 Å². The van der Waals surface area contributed by atoms with E-state index in [4.69, 9.17) is 0 Å². The Kier molecular flexibility index (Phi) is 4.54. The molecule has 1 fully saturated rings. The molecule has 20 heavy (non-hydrogen) atoms. The highest BCUT2D eigenvalue weighted by Crippen LogP contribution is 2.27. The van der Waals surface area contributed by atoms with Crippen LogP contribution in [-0.2, 0) is 11.3 Å². The fourth-order valence-electron chi connectivity index (χ4n) is 2.42. The molecule has 8 nitrogen and oxygen atoms in total. The maximum atomic E-state index is 11.9. The third-order valence-electron chi connectivity index (χ3n) is 3.53. The standard InChI is InChI=1S/C12H18N4O4/c17-10(18)12(5-3-1-2-4-6-12)15-11(19)13-7-9-14-8-20-16-9/h8H,1-7H2,(H,17,18)(H2,13,15,19). The molecule has 1 heterocycles. The average Bonchev–Trinajstić information content (AvgIpc) is 2.82. The third-order valence-corrected chi connectivity index (χ3v) is 3.53. The van der Waals surface area contributed by atoms with Crippen LogP contribution < -0.4 is 10.6 Å². The molecule has 0 bridgehead atoms. The first-order valence-corrected chi connectivity index (χ1v) is 6.67. The van der Waals surface area contributed by atoms with Crippen molar-refractivity contribution in [1.29, 1.82) is 0 Å². The molecule has 0 saturated heterocycles. The SMILES string of the molecule is O=C(NCc1ncon1)NC1(C(=O)O)CCCCCC1. The van der Waals surface area contributed by atoms with Crippen LogP contribution in [0.15, 0.2) is 10.9 Å². The van der Waals surface area contributed by atoms with Crippen molar-refractivity contribution < 1.29 is 19.2 Å². The Morgan fingerprint density at radius 1 is 1.30 bits per heavy atom. The number of aliphatic carboxylic acids is 1. The predicted octanol–water partition coefficient (Wildman–Crippen LogP) is 1.05. The number of urea groups is 1. The van der Waals surface area contributed by atoms with Crippen LogP contribution in [0.4, 0.5) is 4.79 Å². The van der Waals surface area contributed by atoms with Gasteiger partial charge in [-0.1, -0.05) is 30.8 Å². The van der Waals surface area contributed by atoms with E-state index < -0.39 is 17.5 Å². The number of aromatic nitrogens is 2. The Morgan fingerprint density at radius 3 is 2.55 bits per heavy atom. The molecule has 1 aromatic rings. The van der Waals surface area contributed by atoms with E-state index in [0.717, 1.165) is 25.7 Å². The van der Waals surface area contributed by atoms with Crippen molar-refractivity contribution in [2.45, 2.75) is 50.6 Å². The van der Waals surface area contributed by atoms with Gasteiger partial charge in [-0.2, -0.15) is 4.98 Å². The van der Waals surface area contributed by atoms with Crippen LogP contribution in [-0.4, -0.2) is 32.8 Å². The minimum Gasteiger partial charge on any atom is -0.480 e. The van der Waals surface area contributed by atoms with Crippen molar-refractivity contribution in [1.82, 2.24) is 20.8 Å². The highest BCUT2D eigenvalue weighted by Gasteiger charge is 2.40.